The van der Waals surface area contributed by atoms with E-state index < -0.39 is 0 Å². The van der Waals surface area contributed by atoms with Crippen molar-refractivity contribution >= 4 is 39.9 Å². The number of thiocarbonyl (C=S) groups is 1. The van der Waals surface area contributed by atoms with Crippen molar-refractivity contribution in [3.8, 4) is 0 Å². The van der Waals surface area contributed by atoms with E-state index in [-0.39, 0.29) is 4.75 Å². The highest BCUT2D eigenvalue weighted by Gasteiger charge is 2.17. The molecule has 0 amide bonds. The molecule has 0 saturated carbocycles. The van der Waals surface area contributed by atoms with Crippen LogP contribution in [0.25, 0.3) is 0 Å². The predicted octanol–water partition coefficient (Wildman–Crippen LogP) is 3.54. The van der Waals surface area contributed by atoms with Gasteiger partial charge in [-0.25, -0.2) is 0 Å². The Morgan fingerprint density at radius 2 is 2.15 bits per heavy atom. The van der Waals surface area contributed by atoms with Crippen LogP contribution < -0.4 is 5.32 Å². The first kappa shape index (κ1) is 13.3. The van der Waals surface area contributed by atoms with E-state index >= 15 is 0 Å². The van der Waals surface area contributed by atoms with Gasteiger partial charge < -0.3 is 5.32 Å². The summed E-state index contributed by atoms with van der Waals surface area (Å²) in [6, 6.07) is 0. The number of halogens is 1. The van der Waals surface area contributed by atoms with Crippen LogP contribution in [0.5, 0.6) is 0 Å². The molecule has 13 heavy (non-hydrogen) atoms. The van der Waals surface area contributed by atoms with Crippen molar-refractivity contribution in [3.05, 3.63) is 11.6 Å². The van der Waals surface area contributed by atoms with Crippen LogP contribution in [-0.2, 0) is 0 Å². The molecule has 0 aliphatic heterocycles. The van der Waals surface area contributed by atoms with Crippen LogP contribution in [0.1, 0.15) is 27.2 Å². The normalized spacial score (nSPS) is 11.1. The maximum absolute atomic E-state index is 5.60. The summed E-state index contributed by atoms with van der Waals surface area (Å²) in [7, 11) is 0. The van der Waals surface area contributed by atoms with Crippen LogP contribution >= 0.6 is 35.6 Å². The van der Waals surface area contributed by atoms with Crippen LogP contribution in [0.4, 0.5) is 0 Å². The summed E-state index contributed by atoms with van der Waals surface area (Å²) >= 11 is 12.4. The van der Waals surface area contributed by atoms with Crippen LogP contribution in [0, 0.1) is 0 Å². The van der Waals surface area contributed by atoms with Crippen molar-refractivity contribution in [1.82, 2.24) is 5.32 Å². The number of rotatable bonds is 4. The lowest BCUT2D eigenvalue weighted by molar-refractivity contribution is 0.688. The molecule has 0 aromatic heterocycles. The molecule has 0 fully saturated rings. The molecule has 0 unspecified atom stereocenters. The second kappa shape index (κ2) is 5.89. The molecule has 1 N–H and O–H groups in total. The molecule has 0 spiro atoms. The third-order valence-corrected chi connectivity index (χ3v) is 3.34. The fourth-order valence-electron chi connectivity index (χ4n) is 0.527. The lowest BCUT2D eigenvalue weighted by Crippen LogP contribution is -2.25. The Morgan fingerprint density at radius 3 is 2.54 bits per heavy atom. The molecule has 0 bridgehead atoms. The summed E-state index contributed by atoms with van der Waals surface area (Å²) in [6.07, 6.45) is 1.08. The van der Waals surface area contributed by atoms with Crippen molar-refractivity contribution in [2.75, 3.05) is 6.54 Å². The molecule has 0 aromatic carbocycles. The van der Waals surface area contributed by atoms with Crippen molar-refractivity contribution < 1.29 is 0 Å². The highest BCUT2D eigenvalue weighted by molar-refractivity contribution is 8.23. The van der Waals surface area contributed by atoms with E-state index in [2.05, 4.69) is 32.7 Å². The fourth-order valence-corrected chi connectivity index (χ4v) is 2.13. The maximum Gasteiger partial charge on any atom is 0.134 e. The largest absolute Gasteiger partial charge is 0.366 e. The van der Waals surface area contributed by atoms with Crippen LogP contribution in [0.15, 0.2) is 11.6 Å². The summed E-state index contributed by atoms with van der Waals surface area (Å²) in [5, 5.41) is 3.62. The molecule has 0 radical (unpaired) electrons. The van der Waals surface area contributed by atoms with Gasteiger partial charge in [-0.2, -0.15) is 0 Å². The molecular formula is C9H16ClNS2. The van der Waals surface area contributed by atoms with Gasteiger partial charge in [0, 0.05) is 9.78 Å². The molecule has 0 aromatic rings. The number of nitrogens with one attached hydrogen (secondary N) is 1. The zero-order valence-electron chi connectivity index (χ0n) is 8.32. The van der Waals surface area contributed by atoms with Crippen LogP contribution in [-0.4, -0.2) is 15.6 Å². The van der Waals surface area contributed by atoms with Crippen molar-refractivity contribution in [2.24, 2.45) is 0 Å². The van der Waals surface area contributed by atoms with Gasteiger partial charge in [-0.3, -0.25) is 0 Å². The van der Waals surface area contributed by atoms with Gasteiger partial charge in [-0.05, 0) is 6.42 Å². The monoisotopic (exact) mass is 237 g/mol. The van der Waals surface area contributed by atoms with Crippen molar-refractivity contribution in [1.29, 1.82) is 0 Å². The Kier molecular flexibility index (Phi) is 6.01. The maximum atomic E-state index is 5.60. The van der Waals surface area contributed by atoms with Crippen LogP contribution in [0.2, 0.25) is 0 Å². The first-order chi connectivity index (χ1) is 5.87. The summed E-state index contributed by atoms with van der Waals surface area (Å²) in [5.41, 5.74) is 0. The highest BCUT2D eigenvalue weighted by atomic mass is 35.5. The minimum Gasteiger partial charge on any atom is -0.366 e. The average molecular weight is 238 g/mol. The lowest BCUT2D eigenvalue weighted by atomic mass is 10.1. The minimum atomic E-state index is 0.192. The fraction of sp³-hybridized carbons (Fsp3) is 0.667. The van der Waals surface area contributed by atoms with Crippen molar-refractivity contribution in [2.45, 2.75) is 31.9 Å². The van der Waals surface area contributed by atoms with Gasteiger partial charge in [0.05, 0.1) is 6.54 Å². The first-order valence-electron chi connectivity index (χ1n) is 4.17. The summed E-state index contributed by atoms with van der Waals surface area (Å²) in [6.45, 7) is 10.6. The second-order valence-corrected chi connectivity index (χ2v) is 6.29. The van der Waals surface area contributed by atoms with E-state index in [1.165, 1.54) is 0 Å². The van der Waals surface area contributed by atoms with Crippen LogP contribution in [0.3, 0.4) is 0 Å². The summed E-state index contributed by atoms with van der Waals surface area (Å²) in [5.74, 6) is 0. The Hall–Kier alpha value is 0.270. The quantitative estimate of drug-likeness (QED) is 0.752. The van der Waals surface area contributed by atoms with Gasteiger partial charge in [0.2, 0.25) is 0 Å². The molecule has 76 valence electrons. The molecular weight excluding hydrogens is 222 g/mol. The lowest BCUT2D eigenvalue weighted by Gasteiger charge is -2.22. The molecule has 4 heteroatoms. The van der Waals surface area contributed by atoms with Gasteiger partial charge in [0.25, 0.3) is 0 Å². The van der Waals surface area contributed by atoms with E-state index in [1.807, 2.05) is 0 Å². The predicted molar refractivity (Wildman–Crippen MR) is 67.6 cm³/mol. The van der Waals surface area contributed by atoms with Gasteiger partial charge in [0.1, 0.15) is 4.32 Å². The van der Waals surface area contributed by atoms with E-state index in [1.54, 1.807) is 11.8 Å². The third-order valence-electron chi connectivity index (χ3n) is 1.64. The molecule has 0 aliphatic rings. The van der Waals surface area contributed by atoms with E-state index in [0.717, 1.165) is 10.7 Å². The zero-order valence-corrected chi connectivity index (χ0v) is 10.7. The summed E-state index contributed by atoms with van der Waals surface area (Å²) in [4.78, 5) is 0. The molecule has 1 nitrogen and oxygen atoms in total. The average Bonchev–Trinajstić information content (AvgIpc) is 2.00. The third kappa shape index (κ3) is 7.35. The Bertz CT molecular complexity index is 202. The van der Waals surface area contributed by atoms with Crippen molar-refractivity contribution in [3.63, 3.8) is 0 Å². The minimum absolute atomic E-state index is 0.192. The Labute approximate surface area is 95.3 Å². The smallest absolute Gasteiger partial charge is 0.134 e. The molecule has 0 saturated heterocycles. The number of hydrogen-bond acceptors (Lipinski definition) is 2. The van der Waals surface area contributed by atoms with Gasteiger partial charge in [0.15, 0.2) is 0 Å². The molecule has 0 heterocycles. The zero-order chi connectivity index (χ0) is 10.5. The topological polar surface area (TPSA) is 12.0 Å². The van der Waals surface area contributed by atoms with E-state index in [9.17, 15) is 0 Å². The molecule has 0 rings (SSSR count). The highest BCUT2D eigenvalue weighted by Crippen LogP contribution is 2.28. The summed E-state index contributed by atoms with van der Waals surface area (Å²) < 4.78 is 0.978. The van der Waals surface area contributed by atoms with Gasteiger partial charge in [-0.15, -0.1) is 0 Å². The van der Waals surface area contributed by atoms with E-state index in [0.29, 0.717) is 11.6 Å². The second-order valence-electron chi connectivity index (χ2n) is 3.37. The Morgan fingerprint density at radius 1 is 1.62 bits per heavy atom. The first-order valence-corrected chi connectivity index (χ1v) is 5.78. The number of thioether (sulfide) groups is 1. The molecule has 0 aliphatic carbocycles. The Balaban J connectivity index is 3.81. The number of hydrogen-bond donors (Lipinski definition) is 1. The standard InChI is InChI=1S/C9H16ClNS2/c1-5-9(3,4)13-8(12)11-6-7(2)10/h2,5-6H2,1,3-4H3,(H,11,12). The van der Waals surface area contributed by atoms with E-state index in [4.69, 9.17) is 23.8 Å². The molecule has 0 atom stereocenters. The SMILES string of the molecule is C=C(Cl)CNC(=S)SC(C)(C)CC. The van der Waals surface area contributed by atoms with Gasteiger partial charge in [-0.1, -0.05) is 62.9 Å². The van der Waals surface area contributed by atoms with Gasteiger partial charge >= 0.3 is 0 Å².